The average molecular weight is 383 g/mol. The van der Waals surface area contributed by atoms with E-state index in [2.05, 4.69) is 25.5 Å². The van der Waals surface area contributed by atoms with Gasteiger partial charge in [-0.2, -0.15) is 0 Å². The van der Waals surface area contributed by atoms with Crippen molar-refractivity contribution in [3.63, 3.8) is 0 Å². The van der Waals surface area contributed by atoms with Crippen molar-refractivity contribution in [1.29, 1.82) is 0 Å². The molecule has 0 atom stereocenters. The SMILES string of the molecule is CC(=O)Nc1cccc(Nc2cc(N3CCC4(CC3)OCCO4)nc(C)n2)c1. The van der Waals surface area contributed by atoms with E-state index in [1.807, 2.05) is 37.3 Å². The van der Waals surface area contributed by atoms with E-state index in [1.54, 1.807) is 0 Å². The van der Waals surface area contributed by atoms with Crippen molar-refractivity contribution < 1.29 is 14.3 Å². The van der Waals surface area contributed by atoms with Crippen LogP contribution in [0, 0.1) is 6.92 Å². The van der Waals surface area contributed by atoms with Crippen molar-refractivity contribution in [2.45, 2.75) is 32.5 Å². The van der Waals surface area contributed by atoms with E-state index >= 15 is 0 Å². The molecular weight excluding hydrogens is 358 g/mol. The zero-order valence-electron chi connectivity index (χ0n) is 16.2. The predicted molar refractivity (Wildman–Crippen MR) is 107 cm³/mol. The van der Waals surface area contributed by atoms with Crippen LogP contribution in [0.5, 0.6) is 0 Å². The highest BCUT2D eigenvalue weighted by Crippen LogP contribution is 2.33. The van der Waals surface area contributed by atoms with E-state index in [-0.39, 0.29) is 5.91 Å². The van der Waals surface area contributed by atoms with E-state index in [1.165, 1.54) is 6.92 Å². The summed E-state index contributed by atoms with van der Waals surface area (Å²) >= 11 is 0. The summed E-state index contributed by atoms with van der Waals surface area (Å²) in [6.07, 6.45) is 1.66. The summed E-state index contributed by atoms with van der Waals surface area (Å²) in [4.78, 5) is 22.6. The van der Waals surface area contributed by atoms with Crippen LogP contribution in [-0.2, 0) is 14.3 Å². The number of ether oxygens (including phenoxy) is 2. The fourth-order valence-electron chi connectivity index (χ4n) is 3.67. The Bertz CT molecular complexity index is 857. The van der Waals surface area contributed by atoms with Crippen LogP contribution in [0.4, 0.5) is 23.0 Å². The monoisotopic (exact) mass is 383 g/mol. The first-order chi connectivity index (χ1) is 13.5. The maximum atomic E-state index is 11.3. The Morgan fingerprint density at radius 2 is 1.82 bits per heavy atom. The summed E-state index contributed by atoms with van der Waals surface area (Å²) in [6, 6.07) is 9.49. The molecule has 8 heteroatoms. The van der Waals surface area contributed by atoms with Crippen molar-refractivity contribution in [2.24, 2.45) is 0 Å². The number of amides is 1. The average Bonchev–Trinajstić information content (AvgIpc) is 3.09. The van der Waals surface area contributed by atoms with Crippen LogP contribution in [0.2, 0.25) is 0 Å². The Morgan fingerprint density at radius 1 is 1.11 bits per heavy atom. The lowest BCUT2D eigenvalue weighted by Crippen LogP contribution is -2.45. The van der Waals surface area contributed by atoms with Gasteiger partial charge in [-0.05, 0) is 25.1 Å². The zero-order valence-corrected chi connectivity index (χ0v) is 16.2. The van der Waals surface area contributed by atoms with Gasteiger partial charge in [0.2, 0.25) is 5.91 Å². The van der Waals surface area contributed by atoms with Crippen molar-refractivity contribution >= 4 is 28.9 Å². The molecule has 3 heterocycles. The number of rotatable bonds is 4. The summed E-state index contributed by atoms with van der Waals surface area (Å²) in [6.45, 7) is 6.39. The number of piperidine rings is 1. The molecule has 2 aliphatic heterocycles. The van der Waals surface area contributed by atoms with Gasteiger partial charge in [-0.3, -0.25) is 4.79 Å². The standard InChI is InChI=1S/C20H25N5O3/c1-14-21-18(24-17-5-3-4-16(12-17)23-15(2)26)13-19(22-14)25-8-6-20(7-9-25)27-10-11-28-20/h3-5,12-13H,6-11H2,1-2H3,(H,23,26)(H,21,22,24). The maximum Gasteiger partial charge on any atom is 0.221 e. The highest BCUT2D eigenvalue weighted by Gasteiger charge is 2.40. The van der Waals surface area contributed by atoms with Crippen LogP contribution in [-0.4, -0.2) is 48.0 Å². The Labute approximate surface area is 164 Å². The number of carbonyl (C=O) groups is 1. The first-order valence-corrected chi connectivity index (χ1v) is 9.55. The van der Waals surface area contributed by atoms with Gasteiger partial charge in [-0.15, -0.1) is 0 Å². The van der Waals surface area contributed by atoms with Gasteiger partial charge in [0.25, 0.3) is 0 Å². The molecule has 2 fully saturated rings. The maximum absolute atomic E-state index is 11.3. The minimum absolute atomic E-state index is 0.101. The molecule has 28 heavy (non-hydrogen) atoms. The molecule has 1 aromatic carbocycles. The Morgan fingerprint density at radius 3 is 2.54 bits per heavy atom. The second kappa shape index (κ2) is 7.73. The number of nitrogens with zero attached hydrogens (tertiary/aromatic N) is 3. The number of aromatic nitrogens is 2. The minimum atomic E-state index is -0.399. The van der Waals surface area contributed by atoms with Gasteiger partial charge in [-0.25, -0.2) is 9.97 Å². The number of nitrogens with one attached hydrogen (secondary N) is 2. The van der Waals surface area contributed by atoms with Crippen LogP contribution >= 0.6 is 0 Å². The normalized spacial score (nSPS) is 18.3. The van der Waals surface area contributed by atoms with Gasteiger partial charge in [0.15, 0.2) is 5.79 Å². The molecule has 148 valence electrons. The first kappa shape index (κ1) is 18.6. The Kier molecular flexibility index (Phi) is 5.15. The molecule has 0 saturated carbocycles. The third-order valence-electron chi connectivity index (χ3n) is 4.94. The summed E-state index contributed by atoms with van der Waals surface area (Å²) in [5, 5.41) is 6.09. The molecule has 0 bridgehead atoms. The smallest absolute Gasteiger partial charge is 0.221 e. The zero-order chi connectivity index (χ0) is 19.6. The van der Waals surface area contributed by atoms with Crippen molar-refractivity contribution in [2.75, 3.05) is 41.8 Å². The largest absolute Gasteiger partial charge is 0.356 e. The molecule has 1 aromatic heterocycles. The van der Waals surface area contributed by atoms with E-state index in [9.17, 15) is 4.79 Å². The molecule has 8 nitrogen and oxygen atoms in total. The Hall–Kier alpha value is -2.71. The van der Waals surface area contributed by atoms with E-state index < -0.39 is 5.79 Å². The van der Waals surface area contributed by atoms with Gasteiger partial charge in [-0.1, -0.05) is 6.07 Å². The lowest BCUT2D eigenvalue weighted by atomic mass is 10.0. The summed E-state index contributed by atoms with van der Waals surface area (Å²) in [5.74, 6) is 1.81. The molecule has 1 spiro atoms. The van der Waals surface area contributed by atoms with Crippen molar-refractivity contribution in [3.05, 3.63) is 36.2 Å². The number of anilines is 4. The van der Waals surface area contributed by atoms with Crippen LogP contribution in [0.1, 0.15) is 25.6 Å². The molecule has 2 N–H and O–H groups in total. The molecule has 2 saturated heterocycles. The van der Waals surface area contributed by atoms with Gasteiger partial charge in [0.1, 0.15) is 17.5 Å². The lowest BCUT2D eigenvalue weighted by Gasteiger charge is -2.38. The third kappa shape index (κ3) is 4.23. The molecule has 1 amide bonds. The topological polar surface area (TPSA) is 88.6 Å². The fraction of sp³-hybridized carbons (Fsp3) is 0.450. The second-order valence-corrected chi connectivity index (χ2v) is 7.14. The highest BCUT2D eigenvalue weighted by molar-refractivity contribution is 5.89. The number of hydrogen-bond donors (Lipinski definition) is 2. The lowest BCUT2D eigenvalue weighted by molar-refractivity contribution is -0.169. The molecular formula is C20H25N5O3. The quantitative estimate of drug-likeness (QED) is 0.839. The van der Waals surface area contributed by atoms with Crippen LogP contribution in [0.25, 0.3) is 0 Å². The van der Waals surface area contributed by atoms with Gasteiger partial charge < -0.3 is 25.0 Å². The van der Waals surface area contributed by atoms with Gasteiger partial charge in [0, 0.05) is 50.3 Å². The molecule has 4 rings (SSSR count). The number of hydrogen-bond acceptors (Lipinski definition) is 7. The van der Waals surface area contributed by atoms with Crippen molar-refractivity contribution in [3.8, 4) is 0 Å². The molecule has 0 aliphatic carbocycles. The number of aryl methyl sites for hydroxylation is 1. The highest BCUT2D eigenvalue weighted by atomic mass is 16.7. The van der Waals surface area contributed by atoms with E-state index in [4.69, 9.17) is 9.47 Å². The van der Waals surface area contributed by atoms with Gasteiger partial charge >= 0.3 is 0 Å². The van der Waals surface area contributed by atoms with E-state index in [0.29, 0.717) is 19.0 Å². The number of carbonyl (C=O) groups excluding carboxylic acids is 1. The minimum Gasteiger partial charge on any atom is -0.356 e. The van der Waals surface area contributed by atoms with Gasteiger partial charge in [0.05, 0.1) is 13.2 Å². The Balaban J connectivity index is 1.48. The van der Waals surface area contributed by atoms with Crippen LogP contribution in [0.3, 0.4) is 0 Å². The van der Waals surface area contributed by atoms with Crippen LogP contribution < -0.4 is 15.5 Å². The molecule has 2 aliphatic rings. The molecule has 2 aromatic rings. The summed E-state index contributed by atoms with van der Waals surface area (Å²) < 4.78 is 11.6. The number of benzene rings is 1. The summed E-state index contributed by atoms with van der Waals surface area (Å²) in [5.41, 5.74) is 1.59. The fourth-order valence-corrected chi connectivity index (χ4v) is 3.67. The summed E-state index contributed by atoms with van der Waals surface area (Å²) in [7, 11) is 0. The van der Waals surface area contributed by atoms with E-state index in [0.717, 1.165) is 48.9 Å². The molecule has 0 radical (unpaired) electrons. The molecule has 0 unspecified atom stereocenters. The third-order valence-corrected chi connectivity index (χ3v) is 4.94. The van der Waals surface area contributed by atoms with Crippen molar-refractivity contribution in [1.82, 2.24) is 9.97 Å². The predicted octanol–water partition coefficient (Wildman–Crippen LogP) is 2.83. The second-order valence-electron chi connectivity index (χ2n) is 7.14. The first-order valence-electron chi connectivity index (χ1n) is 9.55. The van der Waals surface area contributed by atoms with Crippen LogP contribution in [0.15, 0.2) is 30.3 Å².